The third-order valence-corrected chi connectivity index (χ3v) is 1.87. The monoisotopic (exact) mass is 222 g/mol. The molecule has 0 bridgehead atoms. The highest BCUT2D eigenvalue weighted by molar-refractivity contribution is 5.92. The molecule has 1 heterocycles. The van der Waals surface area contributed by atoms with Crippen LogP contribution in [0.2, 0.25) is 0 Å². The van der Waals surface area contributed by atoms with Crippen molar-refractivity contribution in [3.8, 4) is 0 Å². The van der Waals surface area contributed by atoms with Gasteiger partial charge in [-0.05, 0) is 32.4 Å². The molecule has 0 aliphatic rings. The van der Waals surface area contributed by atoms with E-state index in [4.69, 9.17) is 0 Å². The Bertz CT molecular complexity index is 334. The second-order valence-electron chi connectivity index (χ2n) is 3.86. The summed E-state index contributed by atoms with van der Waals surface area (Å²) < 4.78 is 0. The van der Waals surface area contributed by atoms with Gasteiger partial charge in [0.15, 0.2) is 5.69 Å². The summed E-state index contributed by atoms with van der Waals surface area (Å²) in [6, 6.07) is 3.73. The minimum Gasteiger partial charge on any atom is -0.366 e. The number of nitrogens with zero attached hydrogens (tertiary/aromatic N) is 2. The molecule has 5 heteroatoms. The van der Waals surface area contributed by atoms with E-state index in [9.17, 15) is 4.79 Å². The van der Waals surface area contributed by atoms with Gasteiger partial charge in [0.1, 0.15) is 5.82 Å². The maximum Gasteiger partial charge on any atom is 0.271 e. The summed E-state index contributed by atoms with van der Waals surface area (Å²) in [5.74, 6) is 0.507. The molecule has 0 aliphatic carbocycles. The molecule has 0 saturated carbocycles. The van der Waals surface area contributed by atoms with Gasteiger partial charge in [0, 0.05) is 12.6 Å². The van der Waals surface area contributed by atoms with Crippen molar-refractivity contribution < 1.29 is 4.79 Å². The molecule has 1 rings (SSSR count). The number of aromatic nitrogens is 2. The molecule has 1 aromatic rings. The van der Waals surface area contributed by atoms with Crippen LogP contribution in [-0.4, -0.2) is 28.7 Å². The Labute approximate surface area is 95.7 Å². The molecule has 5 nitrogen and oxygen atoms in total. The number of carbonyl (C=O) groups is 1. The third kappa shape index (κ3) is 3.84. The Balaban J connectivity index is 2.60. The van der Waals surface area contributed by atoms with Gasteiger partial charge < -0.3 is 10.6 Å². The number of hydrogen-bond donors (Lipinski definition) is 2. The zero-order valence-electron chi connectivity index (χ0n) is 9.95. The summed E-state index contributed by atoms with van der Waals surface area (Å²) in [5.41, 5.74) is 0.350. The van der Waals surface area contributed by atoms with Crippen molar-refractivity contribution in [1.82, 2.24) is 15.5 Å². The van der Waals surface area contributed by atoms with Crippen molar-refractivity contribution in [2.24, 2.45) is 0 Å². The lowest BCUT2D eigenvalue weighted by atomic mass is 10.3. The fourth-order valence-corrected chi connectivity index (χ4v) is 1.16. The lowest BCUT2D eigenvalue weighted by molar-refractivity contribution is 0.0947. The molecule has 0 aliphatic heterocycles. The van der Waals surface area contributed by atoms with E-state index < -0.39 is 0 Å². The number of amides is 1. The summed E-state index contributed by atoms with van der Waals surface area (Å²) in [7, 11) is 0. The van der Waals surface area contributed by atoms with E-state index in [2.05, 4.69) is 20.8 Å². The Morgan fingerprint density at radius 2 is 2.12 bits per heavy atom. The standard InChI is InChI=1S/C11H18N4O/c1-4-7-12-11(16)9-5-6-10(15-14-9)13-8(2)3/h5-6,8H,4,7H2,1-3H3,(H,12,16)(H,13,15). The topological polar surface area (TPSA) is 66.9 Å². The van der Waals surface area contributed by atoms with Crippen molar-refractivity contribution in [2.75, 3.05) is 11.9 Å². The second-order valence-corrected chi connectivity index (χ2v) is 3.86. The third-order valence-electron chi connectivity index (χ3n) is 1.87. The van der Waals surface area contributed by atoms with Gasteiger partial charge in [-0.25, -0.2) is 0 Å². The van der Waals surface area contributed by atoms with Crippen LogP contribution < -0.4 is 10.6 Å². The van der Waals surface area contributed by atoms with Crippen LogP contribution in [0.1, 0.15) is 37.7 Å². The molecule has 0 saturated heterocycles. The molecule has 2 N–H and O–H groups in total. The van der Waals surface area contributed by atoms with Crippen molar-refractivity contribution >= 4 is 11.7 Å². The minimum absolute atomic E-state index is 0.176. The fraction of sp³-hybridized carbons (Fsp3) is 0.545. The van der Waals surface area contributed by atoms with Gasteiger partial charge in [-0.15, -0.1) is 10.2 Å². The maximum atomic E-state index is 11.5. The van der Waals surface area contributed by atoms with Crippen molar-refractivity contribution in [2.45, 2.75) is 33.2 Å². The molecule has 0 atom stereocenters. The van der Waals surface area contributed by atoms with E-state index in [-0.39, 0.29) is 5.91 Å². The Kier molecular flexibility index (Phi) is 4.69. The largest absolute Gasteiger partial charge is 0.366 e. The van der Waals surface area contributed by atoms with E-state index >= 15 is 0 Å². The van der Waals surface area contributed by atoms with E-state index in [0.29, 0.717) is 24.1 Å². The van der Waals surface area contributed by atoms with Gasteiger partial charge >= 0.3 is 0 Å². The Hall–Kier alpha value is -1.65. The van der Waals surface area contributed by atoms with Crippen LogP contribution in [0, 0.1) is 0 Å². The molecular formula is C11H18N4O. The van der Waals surface area contributed by atoms with Crippen LogP contribution in [-0.2, 0) is 0 Å². The first-order valence-electron chi connectivity index (χ1n) is 5.52. The first kappa shape index (κ1) is 12.4. The normalized spacial score (nSPS) is 10.2. The molecule has 0 unspecified atom stereocenters. The molecule has 16 heavy (non-hydrogen) atoms. The zero-order valence-corrected chi connectivity index (χ0v) is 9.95. The minimum atomic E-state index is -0.176. The van der Waals surface area contributed by atoms with Crippen molar-refractivity contribution in [1.29, 1.82) is 0 Å². The van der Waals surface area contributed by atoms with Gasteiger partial charge in [-0.1, -0.05) is 6.92 Å². The second kappa shape index (κ2) is 6.05. The van der Waals surface area contributed by atoms with Gasteiger partial charge in [-0.2, -0.15) is 0 Å². The number of rotatable bonds is 5. The first-order chi connectivity index (χ1) is 7.63. The van der Waals surface area contributed by atoms with Crippen LogP contribution in [0.4, 0.5) is 5.82 Å². The molecule has 1 amide bonds. The average molecular weight is 222 g/mol. The summed E-state index contributed by atoms with van der Waals surface area (Å²) in [4.78, 5) is 11.5. The number of hydrogen-bond acceptors (Lipinski definition) is 4. The summed E-state index contributed by atoms with van der Waals surface area (Å²) in [6.45, 7) is 6.70. The highest BCUT2D eigenvalue weighted by Crippen LogP contribution is 2.03. The molecule has 0 fully saturated rings. The van der Waals surface area contributed by atoms with E-state index in [0.717, 1.165) is 6.42 Å². The summed E-state index contributed by atoms with van der Waals surface area (Å²) in [6.07, 6.45) is 0.909. The molecular weight excluding hydrogens is 204 g/mol. The van der Waals surface area contributed by atoms with Gasteiger partial charge in [0.2, 0.25) is 0 Å². The van der Waals surface area contributed by atoms with Gasteiger partial charge in [0.25, 0.3) is 5.91 Å². The fourth-order valence-electron chi connectivity index (χ4n) is 1.16. The molecule has 88 valence electrons. The lowest BCUT2D eigenvalue weighted by Gasteiger charge is -2.08. The van der Waals surface area contributed by atoms with E-state index in [1.165, 1.54) is 0 Å². The van der Waals surface area contributed by atoms with Crippen LogP contribution in [0.15, 0.2) is 12.1 Å². The Morgan fingerprint density at radius 3 is 2.62 bits per heavy atom. The number of anilines is 1. The SMILES string of the molecule is CCCNC(=O)c1ccc(NC(C)C)nn1. The number of nitrogens with one attached hydrogen (secondary N) is 2. The van der Waals surface area contributed by atoms with Gasteiger partial charge in [0.05, 0.1) is 0 Å². The maximum absolute atomic E-state index is 11.5. The predicted molar refractivity (Wildman–Crippen MR) is 63.4 cm³/mol. The van der Waals surface area contributed by atoms with Crippen LogP contribution in [0.3, 0.4) is 0 Å². The first-order valence-corrected chi connectivity index (χ1v) is 5.52. The van der Waals surface area contributed by atoms with Crippen LogP contribution in [0.25, 0.3) is 0 Å². The smallest absolute Gasteiger partial charge is 0.271 e. The summed E-state index contributed by atoms with van der Waals surface area (Å²) >= 11 is 0. The highest BCUT2D eigenvalue weighted by atomic mass is 16.1. The van der Waals surface area contributed by atoms with Crippen molar-refractivity contribution in [3.63, 3.8) is 0 Å². The van der Waals surface area contributed by atoms with E-state index in [1.807, 2.05) is 20.8 Å². The van der Waals surface area contributed by atoms with Crippen molar-refractivity contribution in [3.05, 3.63) is 17.8 Å². The van der Waals surface area contributed by atoms with E-state index in [1.54, 1.807) is 12.1 Å². The van der Waals surface area contributed by atoms with Crippen LogP contribution >= 0.6 is 0 Å². The molecule has 0 aromatic carbocycles. The predicted octanol–water partition coefficient (Wildman–Crippen LogP) is 1.44. The molecule has 0 spiro atoms. The zero-order chi connectivity index (χ0) is 12.0. The molecule has 1 aromatic heterocycles. The lowest BCUT2D eigenvalue weighted by Crippen LogP contribution is -2.25. The Morgan fingerprint density at radius 1 is 1.38 bits per heavy atom. The van der Waals surface area contributed by atoms with Gasteiger partial charge in [-0.3, -0.25) is 4.79 Å². The molecule has 0 radical (unpaired) electrons. The highest BCUT2D eigenvalue weighted by Gasteiger charge is 2.06. The van der Waals surface area contributed by atoms with Crippen LogP contribution in [0.5, 0.6) is 0 Å². The quantitative estimate of drug-likeness (QED) is 0.791. The number of carbonyl (C=O) groups excluding carboxylic acids is 1. The average Bonchev–Trinajstić information content (AvgIpc) is 2.26. The summed E-state index contributed by atoms with van der Waals surface area (Å²) in [5, 5.41) is 13.6.